The Hall–Kier alpha value is -0.960. The number of anilines is 1. The minimum Gasteiger partial charge on any atom is -0.335 e. The third kappa shape index (κ3) is 3.01. The topological polar surface area (TPSA) is 24.4 Å². The van der Waals surface area contributed by atoms with Gasteiger partial charge in [0, 0.05) is 18.0 Å². The number of thioether (sulfide) groups is 1. The zero-order chi connectivity index (χ0) is 11.2. The Kier molecular flexibility index (Phi) is 4.28. The van der Waals surface area contributed by atoms with Crippen LogP contribution in [0.3, 0.4) is 0 Å². The summed E-state index contributed by atoms with van der Waals surface area (Å²) in [4.78, 5) is 4.49. The highest BCUT2D eigenvalue weighted by atomic mass is 32.2. The first-order chi connectivity index (χ1) is 7.90. The fourth-order valence-electron chi connectivity index (χ4n) is 1.78. The minimum absolute atomic E-state index is 0.964. The van der Waals surface area contributed by atoms with Crippen LogP contribution in [0.5, 0.6) is 0 Å². The Morgan fingerprint density at radius 3 is 3.00 bits per heavy atom. The lowest BCUT2D eigenvalue weighted by Crippen LogP contribution is -2.14. The van der Waals surface area contributed by atoms with Crippen LogP contribution >= 0.6 is 11.8 Å². The summed E-state index contributed by atoms with van der Waals surface area (Å²) in [5, 5.41) is 4.53. The van der Waals surface area contributed by atoms with Gasteiger partial charge in [-0.15, -0.1) is 0 Å². The van der Waals surface area contributed by atoms with Crippen molar-refractivity contribution in [2.75, 3.05) is 17.6 Å². The Bertz CT molecular complexity index is 374. The molecule has 0 amide bonds. The summed E-state index contributed by atoms with van der Waals surface area (Å²) in [5.74, 6) is 1.18. The van der Waals surface area contributed by atoms with Crippen LogP contribution in [0.15, 0.2) is 29.3 Å². The lowest BCUT2D eigenvalue weighted by Gasteiger charge is -2.15. The van der Waals surface area contributed by atoms with Crippen molar-refractivity contribution in [1.82, 2.24) is 0 Å². The monoisotopic (exact) mass is 234 g/mol. The van der Waals surface area contributed by atoms with Crippen LogP contribution in [0.2, 0.25) is 0 Å². The van der Waals surface area contributed by atoms with Crippen LogP contribution < -0.4 is 5.32 Å². The predicted octanol–water partition coefficient (Wildman–Crippen LogP) is 3.54. The highest BCUT2D eigenvalue weighted by Gasteiger charge is 2.07. The number of rotatable bonds is 3. The van der Waals surface area contributed by atoms with Gasteiger partial charge in [0.2, 0.25) is 0 Å². The fourth-order valence-corrected chi connectivity index (χ4v) is 2.61. The van der Waals surface area contributed by atoms with E-state index < -0.39 is 0 Å². The Balaban J connectivity index is 2.10. The zero-order valence-electron chi connectivity index (χ0n) is 9.70. The minimum atomic E-state index is 0.964. The SMILES string of the molecule is CCCc1ccccc1NC1=NCCCS1. The van der Waals surface area contributed by atoms with Gasteiger partial charge in [-0.05, 0) is 24.5 Å². The van der Waals surface area contributed by atoms with Gasteiger partial charge in [0.1, 0.15) is 0 Å². The van der Waals surface area contributed by atoms with Crippen molar-refractivity contribution in [3.05, 3.63) is 29.8 Å². The first kappa shape index (κ1) is 11.5. The molecule has 86 valence electrons. The summed E-state index contributed by atoms with van der Waals surface area (Å²) in [6.07, 6.45) is 3.51. The van der Waals surface area contributed by atoms with Crippen molar-refractivity contribution in [1.29, 1.82) is 0 Å². The van der Waals surface area contributed by atoms with Gasteiger partial charge in [0.05, 0.1) is 0 Å². The van der Waals surface area contributed by atoms with Crippen LogP contribution in [0.4, 0.5) is 5.69 Å². The highest BCUT2D eigenvalue weighted by molar-refractivity contribution is 8.14. The molecular formula is C13H18N2S. The van der Waals surface area contributed by atoms with E-state index in [2.05, 4.69) is 41.5 Å². The second-order valence-electron chi connectivity index (χ2n) is 3.92. The maximum atomic E-state index is 4.49. The standard InChI is InChI=1S/C13H18N2S/c1-2-6-11-7-3-4-8-12(11)15-13-14-9-5-10-16-13/h3-4,7-8H,2,5-6,9-10H2,1H3,(H,14,15). The summed E-state index contributed by atoms with van der Waals surface area (Å²) in [6, 6.07) is 8.52. The number of aryl methyl sites for hydroxylation is 1. The fraction of sp³-hybridized carbons (Fsp3) is 0.462. The van der Waals surface area contributed by atoms with Crippen molar-refractivity contribution in [3.63, 3.8) is 0 Å². The van der Waals surface area contributed by atoms with E-state index in [-0.39, 0.29) is 0 Å². The summed E-state index contributed by atoms with van der Waals surface area (Å²) in [6.45, 7) is 3.18. The molecule has 1 heterocycles. The summed E-state index contributed by atoms with van der Waals surface area (Å²) in [5.41, 5.74) is 2.61. The summed E-state index contributed by atoms with van der Waals surface area (Å²) in [7, 11) is 0. The molecule has 0 aliphatic carbocycles. The molecule has 0 fully saturated rings. The van der Waals surface area contributed by atoms with Crippen molar-refractivity contribution in [3.8, 4) is 0 Å². The van der Waals surface area contributed by atoms with Crippen LogP contribution in [0, 0.1) is 0 Å². The largest absolute Gasteiger partial charge is 0.335 e. The number of nitrogens with one attached hydrogen (secondary N) is 1. The van der Waals surface area contributed by atoms with E-state index in [1.54, 1.807) is 0 Å². The van der Waals surface area contributed by atoms with Gasteiger partial charge in [-0.2, -0.15) is 0 Å². The number of hydrogen-bond acceptors (Lipinski definition) is 3. The van der Waals surface area contributed by atoms with Crippen LogP contribution in [-0.2, 0) is 6.42 Å². The molecule has 0 radical (unpaired) electrons. The van der Waals surface area contributed by atoms with E-state index in [0.717, 1.165) is 18.1 Å². The van der Waals surface area contributed by atoms with Gasteiger partial charge in [-0.1, -0.05) is 43.3 Å². The van der Waals surface area contributed by atoms with E-state index in [4.69, 9.17) is 0 Å². The number of aliphatic imine (C=N–C) groups is 1. The van der Waals surface area contributed by atoms with Crippen LogP contribution in [-0.4, -0.2) is 17.5 Å². The molecule has 0 saturated carbocycles. The van der Waals surface area contributed by atoms with Gasteiger partial charge in [0.25, 0.3) is 0 Å². The molecular weight excluding hydrogens is 216 g/mol. The smallest absolute Gasteiger partial charge is 0.161 e. The maximum Gasteiger partial charge on any atom is 0.161 e. The van der Waals surface area contributed by atoms with Crippen molar-refractivity contribution >= 4 is 22.6 Å². The number of amidine groups is 1. The van der Waals surface area contributed by atoms with Gasteiger partial charge in [-0.25, -0.2) is 0 Å². The van der Waals surface area contributed by atoms with E-state index >= 15 is 0 Å². The molecule has 3 heteroatoms. The van der Waals surface area contributed by atoms with Gasteiger partial charge in [-0.3, -0.25) is 4.99 Å². The summed E-state index contributed by atoms with van der Waals surface area (Å²) < 4.78 is 0. The molecule has 0 atom stereocenters. The van der Waals surface area contributed by atoms with E-state index in [0.29, 0.717) is 0 Å². The first-order valence-electron chi connectivity index (χ1n) is 5.92. The van der Waals surface area contributed by atoms with Crippen molar-refractivity contribution < 1.29 is 0 Å². The number of benzene rings is 1. The molecule has 1 N–H and O–H groups in total. The maximum absolute atomic E-state index is 4.49. The Morgan fingerprint density at radius 1 is 1.38 bits per heavy atom. The quantitative estimate of drug-likeness (QED) is 0.865. The molecule has 16 heavy (non-hydrogen) atoms. The molecule has 0 aromatic heterocycles. The number of nitrogens with zero attached hydrogens (tertiary/aromatic N) is 1. The molecule has 0 spiro atoms. The Morgan fingerprint density at radius 2 is 2.25 bits per heavy atom. The average molecular weight is 234 g/mol. The third-order valence-corrected chi connectivity index (χ3v) is 3.57. The van der Waals surface area contributed by atoms with E-state index in [1.807, 2.05) is 11.8 Å². The van der Waals surface area contributed by atoms with Crippen molar-refractivity contribution in [2.45, 2.75) is 26.2 Å². The molecule has 1 aliphatic heterocycles. The van der Waals surface area contributed by atoms with Gasteiger partial charge < -0.3 is 5.32 Å². The first-order valence-corrected chi connectivity index (χ1v) is 6.91. The number of hydrogen-bond donors (Lipinski definition) is 1. The second-order valence-corrected chi connectivity index (χ2v) is 5.00. The number of para-hydroxylation sites is 1. The van der Waals surface area contributed by atoms with Gasteiger partial charge >= 0.3 is 0 Å². The average Bonchev–Trinajstić information content (AvgIpc) is 2.33. The summed E-state index contributed by atoms with van der Waals surface area (Å²) >= 11 is 1.82. The zero-order valence-corrected chi connectivity index (χ0v) is 10.5. The molecule has 2 rings (SSSR count). The molecule has 1 aliphatic rings. The van der Waals surface area contributed by atoms with E-state index in [1.165, 1.54) is 29.8 Å². The van der Waals surface area contributed by atoms with Crippen LogP contribution in [0.1, 0.15) is 25.3 Å². The second kappa shape index (κ2) is 5.94. The highest BCUT2D eigenvalue weighted by Crippen LogP contribution is 2.20. The normalized spacial score (nSPS) is 15.7. The predicted molar refractivity (Wildman–Crippen MR) is 73.4 cm³/mol. The lowest BCUT2D eigenvalue weighted by atomic mass is 10.1. The van der Waals surface area contributed by atoms with Crippen molar-refractivity contribution in [2.24, 2.45) is 4.99 Å². The molecule has 2 nitrogen and oxygen atoms in total. The third-order valence-electron chi connectivity index (χ3n) is 2.57. The van der Waals surface area contributed by atoms with E-state index in [9.17, 15) is 0 Å². The lowest BCUT2D eigenvalue weighted by molar-refractivity contribution is 0.922. The van der Waals surface area contributed by atoms with Gasteiger partial charge in [0.15, 0.2) is 5.17 Å². The molecule has 1 aromatic carbocycles. The van der Waals surface area contributed by atoms with Crippen LogP contribution in [0.25, 0.3) is 0 Å². The molecule has 0 saturated heterocycles. The molecule has 0 unspecified atom stereocenters. The Labute approximate surface area is 102 Å². The molecule has 0 bridgehead atoms. The molecule has 1 aromatic rings.